The Balaban J connectivity index is 1.99. The monoisotopic (exact) mass is 273 g/mol. The normalized spacial score (nSPS) is 11.6. The molecule has 0 aliphatic carbocycles. The predicted octanol–water partition coefficient (Wildman–Crippen LogP) is 1.55. The summed E-state index contributed by atoms with van der Waals surface area (Å²) >= 11 is 1.85. The molecule has 17 heavy (non-hydrogen) atoms. The van der Waals surface area contributed by atoms with Crippen molar-refractivity contribution in [1.29, 1.82) is 0 Å². The number of hydrogen-bond acceptors (Lipinski definition) is 4. The lowest BCUT2D eigenvalue weighted by Crippen LogP contribution is -2.24. The van der Waals surface area contributed by atoms with Crippen molar-refractivity contribution >= 4 is 21.6 Å². The summed E-state index contributed by atoms with van der Waals surface area (Å²) in [5, 5.41) is 3.13. The van der Waals surface area contributed by atoms with E-state index in [1.54, 1.807) is 0 Å². The first-order chi connectivity index (χ1) is 8.08. The van der Waals surface area contributed by atoms with Gasteiger partial charge in [-0.2, -0.15) is 11.8 Å². The fourth-order valence-corrected chi connectivity index (χ4v) is 2.67. The zero-order chi connectivity index (χ0) is 12.6. The maximum absolute atomic E-state index is 10.9. The largest absolute Gasteiger partial charge is 0.315 e. The highest BCUT2D eigenvalue weighted by Crippen LogP contribution is 2.10. The lowest BCUT2D eigenvalue weighted by Gasteiger charge is -2.04. The molecule has 3 nitrogen and oxygen atoms in total. The third-order valence-electron chi connectivity index (χ3n) is 2.18. The van der Waals surface area contributed by atoms with Crippen LogP contribution in [0.1, 0.15) is 5.56 Å². The van der Waals surface area contributed by atoms with E-state index in [4.69, 9.17) is 0 Å². The van der Waals surface area contributed by atoms with E-state index >= 15 is 0 Å². The maximum Gasteiger partial charge on any atom is 0.148 e. The Kier molecular flexibility index (Phi) is 6.62. The van der Waals surface area contributed by atoms with Crippen LogP contribution in [0.3, 0.4) is 0 Å². The molecule has 0 atom stereocenters. The molecule has 1 aromatic carbocycles. The lowest BCUT2D eigenvalue weighted by atomic mass is 10.2. The fraction of sp³-hybridized carbons (Fsp3) is 0.500. The van der Waals surface area contributed by atoms with Crippen molar-refractivity contribution < 1.29 is 8.42 Å². The lowest BCUT2D eigenvalue weighted by molar-refractivity contribution is 0.598. The number of benzene rings is 1. The van der Waals surface area contributed by atoms with Gasteiger partial charge in [0.25, 0.3) is 0 Å². The van der Waals surface area contributed by atoms with Gasteiger partial charge in [-0.05, 0) is 5.56 Å². The summed E-state index contributed by atoms with van der Waals surface area (Å²) in [6, 6.07) is 10.3. The highest BCUT2D eigenvalue weighted by molar-refractivity contribution is 7.98. The van der Waals surface area contributed by atoms with Crippen LogP contribution < -0.4 is 5.32 Å². The number of sulfone groups is 1. The van der Waals surface area contributed by atoms with Crippen molar-refractivity contribution in [3.8, 4) is 0 Å². The van der Waals surface area contributed by atoms with E-state index in [1.807, 2.05) is 30.0 Å². The van der Waals surface area contributed by atoms with Crippen LogP contribution in [0.25, 0.3) is 0 Å². The van der Waals surface area contributed by atoms with Crippen LogP contribution >= 0.6 is 11.8 Å². The van der Waals surface area contributed by atoms with Gasteiger partial charge in [-0.1, -0.05) is 30.3 Å². The molecule has 5 heteroatoms. The summed E-state index contributed by atoms with van der Waals surface area (Å²) in [4.78, 5) is 0. The van der Waals surface area contributed by atoms with Gasteiger partial charge >= 0.3 is 0 Å². The molecule has 1 N–H and O–H groups in total. The molecule has 0 fully saturated rings. The standard InChI is InChI=1S/C12H19NO2S2/c1-17(14,15)10-8-13-7-9-16-11-12-5-3-2-4-6-12/h2-6,13H,7-11H2,1H3. The minimum atomic E-state index is -2.83. The van der Waals surface area contributed by atoms with Crippen molar-refractivity contribution in [3.05, 3.63) is 35.9 Å². The quantitative estimate of drug-likeness (QED) is 0.730. The van der Waals surface area contributed by atoms with Gasteiger partial charge in [0.15, 0.2) is 0 Å². The van der Waals surface area contributed by atoms with E-state index in [2.05, 4.69) is 17.4 Å². The van der Waals surface area contributed by atoms with Gasteiger partial charge in [-0.15, -0.1) is 0 Å². The highest BCUT2D eigenvalue weighted by atomic mass is 32.2. The molecule has 0 saturated heterocycles. The zero-order valence-electron chi connectivity index (χ0n) is 10.1. The molecule has 0 aliphatic rings. The molecular formula is C12H19NO2S2. The molecule has 0 aliphatic heterocycles. The Labute approximate surface area is 108 Å². The summed E-state index contributed by atoms with van der Waals surface area (Å²) in [7, 11) is -2.83. The van der Waals surface area contributed by atoms with E-state index in [0.29, 0.717) is 6.54 Å². The van der Waals surface area contributed by atoms with Gasteiger partial charge in [-0.3, -0.25) is 0 Å². The van der Waals surface area contributed by atoms with Gasteiger partial charge < -0.3 is 5.32 Å². The van der Waals surface area contributed by atoms with Crippen molar-refractivity contribution in [2.24, 2.45) is 0 Å². The molecule has 1 aromatic rings. The SMILES string of the molecule is CS(=O)(=O)CCNCCSCc1ccccc1. The van der Waals surface area contributed by atoms with Crippen LogP contribution in [0.15, 0.2) is 30.3 Å². The average molecular weight is 273 g/mol. The van der Waals surface area contributed by atoms with E-state index < -0.39 is 9.84 Å². The molecule has 0 heterocycles. The highest BCUT2D eigenvalue weighted by Gasteiger charge is 2.00. The van der Waals surface area contributed by atoms with Crippen LogP contribution in [0.5, 0.6) is 0 Å². The Hall–Kier alpha value is -0.520. The second-order valence-corrected chi connectivity index (χ2v) is 7.28. The molecule has 0 saturated carbocycles. The molecule has 0 unspecified atom stereocenters. The Morgan fingerprint density at radius 1 is 1.18 bits per heavy atom. The summed E-state index contributed by atoms with van der Waals surface area (Å²) in [5.41, 5.74) is 1.33. The zero-order valence-corrected chi connectivity index (χ0v) is 11.7. The summed E-state index contributed by atoms with van der Waals surface area (Å²) in [5.74, 6) is 2.23. The van der Waals surface area contributed by atoms with Crippen LogP contribution in [-0.2, 0) is 15.6 Å². The molecule has 96 valence electrons. The van der Waals surface area contributed by atoms with Crippen LogP contribution in [0, 0.1) is 0 Å². The minimum Gasteiger partial charge on any atom is -0.315 e. The Bertz CT molecular complexity index is 404. The Morgan fingerprint density at radius 3 is 2.53 bits per heavy atom. The smallest absolute Gasteiger partial charge is 0.148 e. The third kappa shape index (κ3) is 8.24. The number of nitrogens with one attached hydrogen (secondary N) is 1. The van der Waals surface area contributed by atoms with Gasteiger partial charge in [-0.25, -0.2) is 8.42 Å². The van der Waals surface area contributed by atoms with Gasteiger partial charge in [0.05, 0.1) is 5.75 Å². The first kappa shape index (κ1) is 14.5. The third-order valence-corrected chi connectivity index (χ3v) is 4.16. The van der Waals surface area contributed by atoms with Crippen molar-refractivity contribution in [2.75, 3.05) is 30.9 Å². The predicted molar refractivity (Wildman–Crippen MR) is 75.2 cm³/mol. The first-order valence-electron chi connectivity index (χ1n) is 5.58. The Morgan fingerprint density at radius 2 is 1.88 bits per heavy atom. The fourth-order valence-electron chi connectivity index (χ4n) is 1.29. The summed E-state index contributed by atoms with van der Waals surface area (Å²) in [6.07, 6.45) is 1.26. The molecule has 0 aromatic heterocycles. The van der Waals surface area contributed by atoms with Crippen LogP contribution in [0.4, 0.5) is 0 Å². The van der Waals surface area contributed by atoms with E-state index in [1.165, 1.54) is 11.8 Å². The van der Waals surface area contributed by atoms with E-state index in [-0.39, 0.29) is 5.75 Å². The van der Waals surface area contributed by atoms with E-state index in [0.717, 1.165) is 18.1 Å². The summed E-state index contributed by atoms with van der Waals surface area (Å²) in [6.45, 7) is 1.40. The van der Waals surface area contributed by atoms with E-state index in [9.17, 15) is 8.42 Å². The maximum atomic E-state index is 10.9. The molecule has 0 amide bonds. The molecule has 0 radical (unpaired) electrons. The van der Waals surface area contributed by atoms with Crippen molar-refractivity contribution in [1.82, 2.24) is 5.32 Å². The number of hydrogen-bond donors (Lipinski definition) is 1. The van der Waals surface area contributed by atoms with Gasteiger partial charge in [0, 0.05) is 30.9 Å². The first-order valence-corrected chi connectivity index (χ1v) is 8.79. The van der Waals surface area contributed by atoms with Crippen molar-refractivity contribution in [2.45, 2.75) is 5.75 Å². The molecule has 1 rings (SSSR count). The van der Waals surface area contributed by atoms with Crippen LogP contribution in [0.2, 0.25) is 0 Å². The van der Waals surface area contributed by atoms with Gasteiger partial charge in [0.2, 0.25) is 0 Å². The van der Waals surface area contributed by atoms with Gasteiger partial charge in [0.1, 0.15) is 9.84 Å². The number of rotatable bonds is 8. The summed E-state index contributed by atoms with van der Waals surface area (Å²) < 4.78 is 21.7. The minimum absolute atomic E-state index is 0.219. The second kappa shape index (κ2) is 7.74. The average Bonchev–Trinajstić information content (AvgIpc) is 2.28. The molecule has 0 spiro atoms. The van der Waals surface area contributed by atoms with Crippen molar-refractivity contribution in [3.63, 3.8) is 0 Å². The second-order valence-electron chi connectivity index (χ2n) is 3.92. The molecular weight excluding hydrogens is 254 g/mol. The molecule has 0 bridgehead atoms. The van der Waals surface area contributed by atoms with Crippen LogP contribution in [-0.4, -0.2) is 39.3 Å². The topological polar surface area (TPSA) is 46.2 Å². The number of thioether (sulfide) groups is 1.